The summed E-state index contributed by atoms with van der Waals surface area (Å²) in [6.45, 7) is 3.33. The van der Waals surface area contributed by atoms with E-state index in [4.69, 9.17) is 9.26 Å². The number of carbonyl (C=O) groups excluding carboxylic acids is 1. The highest BCUT2D eigenvalue weighted by atomic mass is 16.5. The van der Waals surface area contributed by atoms with Crippen molar-refractivity contribution in [2.45, 2.75) is 6.54 Å². The first-order valence-corrected chi connectivity index (χ1v) is 9.12. The van der Waals surface area contributed by atoms with Crippen LogP contribution in [0.5, 0.6) is 5.75 Å². The minimum absolute atomic E-state index is 0.00476. The van der Waals surface area contributed by atoms with Crippen LogP contribution in [0.1, 0.15) is 16.2 Å². The zero-order valence-corrected chi connectivity index (χ0v) is 15.6. The van der Waals surface area contributed by atoms with E-state index in [1.54, 1.807) is 31.6 Å². The van der Waals surface area contributed by atoms with Gasteiger partial charge in [-0.3, -0.25) is 14.7 Å². The number of benzene rings is 1. The van der Waals surface area contributed by atoms with Crippen molar-refractivity contribution in [1.29, 1.82) is 0 Å². The molecule has 1 aliphatic heterocycles. The van der Waals surface area contributed by atoms with E-state index in [9.17, 15) is 4.79 Å². The summed E-state index contributed by atoms with van der Waals surface area (Å²) in [4.78, 5) is 25.3. The van der Waals surface area contributed by atoms with Gasteiger partial charge in [-0.15, -0.1) is 0 Å². The fourth-order valence-corrected chi connectivity index (χ4v) is 3.23. The monoisotopic (exact) mass is 379 g/mol. The molecule has 0 radical (unpaired) electrons. The number of hydrogen-bond acceptors (Lipinski definition) is 7. The molecule has 0 saturated carbocycles. The van der Waals surface area contributed by atoms with Gasteiger partial charge in [0, 0.05) is 44.1 Å². The minimum Gasteiger partial charge on any atom is -0.496 e. The van der Waals surface area contributed by atoms with Crippen molar-refractivity contribution >= 4 is 5.91 Å². The second kappa shape index (κ2) is 8.18. The molecule has 28 heavy (non-hydrogen) atoms. The van der Waals surface area contributed by atoms with Crippen molar-refractivity contribution in [3.63, 3.8) is 0 Å². The van der Waals surface area contributed by atoms with Crippen LogP contribution in [-0.2, 0) is 6.54 Å². The molecule has 3 aromatic rings. The number of rotatable bonds is 5. The van der Waals surface area contributed by atoms with Gasteiger partial charge in [-0.25, -0.2) is 0 Å². The molecule has 0 bridgehead atoms. The van der Waals surface area contributed by atoms with Gasteiger partial charge in [0.2, 0.25) is 11.7 Å². The van der Waals surface area contributed by atoms with Crippen LogP contribution in [0.25, 0.3) is 11.4 Å². The third-order valence-electron chi connectivity index (χ3n) is 4.76. The summed E-state index contributed by atoms with van der Waals surface area (Å²) < 4.78 is 10.7. The lowest BCUT2D eigenvalue weighted by Crippen LogP contribution is -2.48. The molecule has 1 aromatic carbocycles. The largest absolute Gasteiger partial charge is 0.496 e. The number of amides is 1. The number of piperazine rings is 1. The Hall–Kier alpha value is -3.26. The minimum atomic E-state index is -0.00476. The quantitative estimate of drug-likeness (QED) is 0.671. The van der Waals surface area contributed by atoms with E-state index in [1.807, 2.05) is 29.2 Å². The van der Waals surface area contributed by atoms with E-state index in [-0.39, 0.29) is 5.91 Å². The molecule has 144 valence electrons. The summed E-state index contributed by atoms with van der Waals surface area (Å²) >= 11 is 0. The van der Waals surface area contributed by atoms with Crippen LogP contribution >= 0.6 is 0 Å². The van der Waals surface area contributed by atoms with Crippen molar-refractivity contribution in [2.24, 2.45) is 0 Å². The zero-order chi connectivity index (χ0) is 19.3. The number of para-hydroxylation sites is 1. The third kappa shape index (κ3) is 3.86. The van der Waals surface area contributed by atoms with E-state index in [0.29, 0.717) is 42.7 Å². The van der Waals surface area contributed by atoms with Crippen LogP contribution in [-0.4, -0.2) is 64.1 Å². The maximum absolute atomic E-state index is 12.8. The summed E-state index contributed by atoms with van der Waals surface area (Å²) in [5.41, 5.74) is 1.47. The van der Waals surface area contributed by atoms with Crippen molar-refractivity contribution in [3.8, 4) is 17.1 Å². The van der Waals surface area contributed by atoms with E-state index < -0.39 is 0 Å². The Balaban J connectivity index is 1.35. The molecule has 1 fully saturated rings. The number of nitrogens with zero attached hydrogens (tertiary/aromatic N) is 5. The average Bonchev–Trinajstić information content (AvgIpc) is 3.23. The van der Waals surface area contributed by atoms with Gasteiger partial charge in [0.05, 0.1) is 19.2 Å². The lowest BCUT2D eigenvalue weighted by molar-refractivity contribution is 0.0612. The van der Waals surface area contributed by atoms with Crippen LogP contribution in [0.3, 0.4) is 0 Å². The van der Waals surface area contributed by atoms with Gasteiger partial charge in [-0.1, -0.05) is 17.3 Å². The molecule has 2 aromatic heterocycles. The molecule has 0 spiro atoms. The van der Waals surface area contributed by atoms with Gasteiger partial charge in [0.1, 0.15) is 5.75 Å². The molecule has 0 unspecified atom stereocenters. The molecule has 8 nitrogen and oxygen atoms in total. The molecule has 8 heteroatoms. The van der Waals surface area contributed by atoms with Crippen LogP contribution in [0.15, 0.2) is 53.3 Å². The van der Waals surface area contributed by atoms with E-state index in [2.05, 4.69) is 20.0 Å². The highest BCUT2D eigenvalue weighted by Crippen LogP contribution is 2.21. The second-order valence-electron chi connectivity index (χ2n) is 6.52. The summed E-state index contributed by atoms with van der Waals surface area (Å²) in [7, 11) is 1.58. The summed E-state index contributed by atoms with van der Waals surface area (Å²) in [6.07, 6.45) is 3.40. The summed E-state index contributed by atoms with van der Waals surface area (Å²) in [5, 5.41) is 4.03. The molecule has 3 heterocycles. The van der Waals surface area contributed by atoms with Crippen molar-refractivity contribution in [2.75, 3.05) is 33.3 Å². The van der Waals surface area contributed by atoms with Gasteiger partial charge in [-0.05, 0) is 24.3 Å². The van der Waals surface area contributed by atoms with Crippen LogP contribution in [0, 0.1) is 0 Å². The molecular formula is C20H21N5O3. The predicted octanol–water partition coefficient (Wildman–Crippen LogP) is 2.10. The molecule has 0 aliphatic carbocycles. The average molecular weight is 379 g/mol. The highest BCUT2D eigenvalue weighted by Gasteiger charge is 2.25. The lowest BCUT2D eigenvalue weighted by atomic mass is 10.1. The van der Waals surface area contributed by atoms with Crippen LogP contribution < -0.4 is 4.74 Å². The Morgan fingerprint density at radius 1 is 1.11 bits per heavy atom. The molecule has 1 aliphatic rings. The number of pyridine rings is 1. The van der Waals surface area contributed by atoms with Crippen molar-refractivity contribution in [1.82, 2.24) is 24.9 Å². The van der Waals surface area contributed by atoms with Gasteiger partial charge in [0.15, 0.2) is 0 Å². The van der Waals surface area contributed by atoms with E-state index >= 15 is 0 Å². The molecule has 1 saturated heterocycles. The summed E-state index contributed by atoms with van der Waals surface area (Å²) in [6, 6.07) is 11.0. The summed E-state index contributed by atoms with van der Waals surface area (Å²) in [5.74, 6) is 1.72. The highest BCUT2D eigenvalue weighted by molar-refractivity contribution is 5.97. The molecule has 4 rings (SSSR count). The SMILES string of the molecule is COc1ccccc1C(=O)N1CCN(Cc2nc(-c3ccncc3)no2)CC1. The molecule has 1 amide bonds. The predicted molar refractivity (Wildman–Crippen MR) is 102 cm³/mol. The normalized spacial score (nSPS) is 14.8. The first kappa shape index (κ1) is 18.1. The van der Waals surface area contributed by atoms with Gasteiger partial charge in [-0.2, -0.15) is 4.98 Å². The van der Waals surface area contributed by atoms with Gasteiger partial charge in [0.25, 0.3) is 5.91 Å². The number of carbonyl (C=O) groups is 1. The first-order valence-electron chi connectivity index (χ1n) is 9.12. The fourth-order valence-electron chi connectivity index (χ4n) is 3.23. The maximum Gasteiger partial charge on any atom is 0.257 e. The Kier molecular flexibility index (Phi) is 5.29. The van der Waals surface area contributed by atoms with Crippen molar-refractivity contribution < 1.29 is 14.1 Å². The Morgan fingerprint density at radius 3 is 2.61 bits per heavy atom. The van der Waals surface area contributed by atoms with Gasteiger partial charge >= 0.3 is 0 Å². The number of hydrogen-bond donors (Lipinski definition) is 0. The smallest absolute Gasteiger partial charge is 0.257 e. The second-order valence-corrected chi connectivity index (χ2v) is 6.52. The molecular weight excluding hydrogens is 358 g/mol. The molecule has 0 atom stereocenters. The maximum atomic E-state index is 12.8. The van der Waals surface area contributed by atoms with Crippen LogP contribution in [0.4, 0.5) is 0 Å². The van der Waals surface area contributed by atoms with Gasteiger partial charge < -0.3 is 14.2 Å². The molecule has 0 N–H and O–H groups in total. The number of ether oxygens (including phenoxy) is 1. The lowest BCUT2D eigenvalue weighted by Gasteiger charge is -2.34. The Morgan fingerprint density at radius 2 is 1.86 bits per heavy atom. The zero-order valence-electron chi connectivity index (χ0n) is 15.6. The van der Waals surface area contributed by atoms with Crippen LogP contribution in [0.2, 0.25) is 0 Å². The van der Waals surface area contributed by atoms with Crippen molar-refractivity contribution in [3.05, 3.63) is 60.2 Å². The van der Waals surface area contributed by atoms with E-state index in [0.717, 1.165) is 18.7 Å². The Labute approximate surface area is 162 Å². The number of aromatic nitrogens is 3. The first-order chi connectivity index (χ1) is 13.7. The number of methoxy groups -OCH3 is 1. The Bertz CT molecular complexity index is 936. The third-order valence-corrected chi connectivity index (χ3v) is 4.76. The van der Waals surface area contributed by atoms with E-state index in [1.165, 1.54) is 0 Å². The standard InChI is InChI=1S/C20H21N5O3/c1-27-17-5-3-2-4-16(17)20(26)25-12-10-24(11-13-25)14-18-22-19(23-28-18)15-6-8-21-9-7-15/h2-9H,10-14H2,1H3. The fraction of sp³-hybridized carbons (Fsp3) is 0.300. The topological polar surface area (TPSA) is 84.6 Å².